The van der Waals surface area contributed by atoms with Gasteiger partial charge in [0.15, 0.2) is 4.83 Å². The van der Waals surface area contributed by atoms with Gasteiger partial charge in [-0.05, 0) is 38.3 Å². The van der Waals surface area contributed by atoms with Crippen molar-refractivity contribution in [1.82, 2.24) is 20.3 Å². The monoisotopic (exact) mass is 285 g/mol. The number of nitrogens with zero attached hydrogens (tertiary/aromatic N) is 2. The molecule has 1 heterocycles. The summed E-state index contributed by atoms with van der Waals surface area (Å²) in [6, 6.07) is 0.197. The van der Waals surface area contributed by atoms with Crippen molar-refractivity contribution in [1.29, 1.82) is 0 Å². The third-order valence-corrected chi connectivity index (χ3v) is 3.52. The summed E-state index contributed by atoms with van der Waals surface area (Å²) in [6.07, 6.45) is 2.08. The zero-order chi connectivity index (χ0) is 12.7. The SMILES string of the molecule is C[C@H](N)CNCCCCNN1CN(F)SC1Cl. The van der Waals surface area contributed by atoms with Gasteiger partial charge in [0.2, 0.25) is 0 Å². The van der Waals surface area contributed by atoms with Crippen LogP contribution in [-0.4, -0.2) is 46.7 Å². The van der Waals surface area contributed by atoms with Gasteiger partial charge < -0.3 is 11.1 Å². The van der Waals surface area contributed by atoms with Crippen LogP contribution < -0.4 is 16.5 Å². The first-order valence-corrected chi connectivity index (χ1v) is 7.07. The third kappa shape index (κ3) is 6.76. The van der Waals surface area contributed by atoms with E-state index in [0.29, 0.717) is 4.53 Å². The molecule has 1 fully saturated rings. The van der Waals surface area contributed by atoms with Crippen molar-refractivity contribution in [3.8, 4) is 0 Å². The molecule has 0 aromatic rings. The first kappa shape index (κ1) is 15.4. The highest BCUT2D eigenvalue weighted by Gasteiger charge is 2.29. The molecule has 4 N–H and O–H groups in total. The van der Waals surface area contributed by atoms with Crippen molar-refractivity contribution in [3.63, 3.8) is 0 Å². The fourth-order valence-corrected chi connectivity index (χ4v) is 2.44. The number of hydrogen-bond acceptors (Lipinski definition) is 6. The second-order valence-electron chi connectivity index (χ2n) is 4.12. The predicted molar refractivity (Wildman–Crippen MR) is 70.6 cm³/mol. The molecular formula is C9H21ClFN5S. The highest BCUT2D eigenvalue weighted by Crippen LogP contribution is 2.30. The minimum Gasteiger partial charge on any atom is -0.327 e. The van der Waals surface area contributed by atoms with Crippen LogP contribution >= 0.6 is 23.5 Å². The van der Waals surface area contributed by atoms with Crippen molar-refractivity contribution < 1.29 is 4.48 Å². The Morgan fingerprint density at radius 3 is 2.82 bits per heavy atom. The Balaban J connectivity index is 1.90. The first-order chi connectivity index (χ1) is 8.09. The van der Waals surface area contributed by atoms with Crippen molar-refractivity contribution in [2.45, 2.75) is 30.6 Å². The Hall–Kier alpha value is 0.370. The minimum atomic E-state index is -0.365. The number of nitrogens with two attached hydrogens (primary N) is 1. The lowest BCUT2D eigenvalue weighted by Crippen LogP contribution is -2.40. The largest absolute Gasteiger partial charge is 0.327 e. The van der Waals surface area contributed by atoms with Crippen LogP contribution in [0.15, 0.2) is 0 Å². The lowest BCUT2D eigenvalue weighted by atomic mass is 10.3. The van der Waals surface area contributed by atoms with Crippen molar-refractivity contribution in [3.05, 3.63) is 0 Å². The fourth-order valence-electron chi connectivity index (χ4n) is 1.42. The fraction of sp³-hybridized carbons (Fsp3) is 1.00. The molecule has 8 heteroatoms. The van der Waals surface area contributed by atoms with Crippen LogP contribution in [0.3, 0.4) is 0 Å². The topological polar surface area (TPSA) is 56.6 Å². The van der Waals surface area contributed by atoms with E-state index in [1.807, 2.05) is 6.92 Å². The number of hydrogen-bond donors (Lipinski definition) is 3. The molecule has 1 aliphatic heterocycles. The molecule has 0 saturated carbocycles. The van der Waals surface area contributed by atoms with Crippen LogP contribution in [0, 0.1) is 0 Å². The van der Waals surface area contributed by atoms with Crippen molar-refractivity contribution >= 4 is 23.5 Å². The molecule has 0 spiro atoms. The van der Waals surface area contributed by atoms with Gasteiger partial charge in [0.1, 0.15) is 6.67 Å². The van der Waals surface area contributed by atoms with Crippen LogP contribution in [0.1, 0.15) is 19.8 Å². The van der Waals surface area contributed by atoms with Gasteiger partial charge in [0, 0.05) is 19.1 Å². The van der Waals surface area contributed by atoms with Crippen LogP contribution in [0.2, 0.25) is 0 Å². The molecule has 1 rings (SSSR count). The highest BCUT2D eigenvalue weighted by molar-refractivity contribution is 7.98. The Morgan fingerprint density at radius 1 is 1.53 bits per heavy atom. The summed E-state index contributed by atoms with van der Waals surface area (Å²) in [7, 11) is 0. The number of alkyl halides is 1. The summed E-state index contributed by atoms with van der Waals surface area (Å²) >= 11 is 6.86. The smallest absolute Gasteiger partial charge is 0.162 e. The van der Waals surface area contributed by atoms with Gasteiger partial charge in [-0.15, -0.1) is 4.48 Å². The minimum absolute atomic E-state index is 0.196. The number of unbranched alkanes of at least 4 members (excludes halogenated alkanes) is 1. The van der Waals surface area contributed by atoms with Gasteiger partial charge in [-0.3, -0.25) is 5.43 Å². The number of rotatable bonds is 8. The Kier molecular flexibility index (Phi) is 7.68. The maximum absolute atomic E-state index is 12.8. The van der Waals surface area contributed by atoms with Gasteiger partial charge >= 0.3 is 0 Å². The van der Waals surface area contributed by atoms with E-state index < -0.39 is 0 Å². The van der Waals surface area contributed by atoms with Crippen molar-refractivity contribution in [2.24, 2.45) is 5.73 Å². The predicted octanol–water partition coefficient (Wildman–Crippen LogP) is 0.838. The number of nitrogens with one attached hydrogen (secondary N) is 2. The van der Waals surface area contributed by atoms with Gasteiger partial charge in [-0.25, -0.2) is 0 Å². The number of halogens is 2. The Morgan fingerprint density at radius 2 is 2.24 bits per heavy atom. The average molecular weight is 286 g/mol. The van der Waals surface area contributed by atoms with E-state index in [9.17, 15) is 4.48 Å². The zero-order valence-electron chi connectivity index (χ0n) is 10.0. The van der Waals surface area contributed by atoms with Gasteiger partial charge in [0.05, 0.1) is 0 Å². The third-order valence-electron chi connectivity index (χ3n) is 2.27. The summed E-state index contributed by atoms with van der Waals surface area (Å²) in [5, 5.41) is 4.95. The van der Waals surface area contributed by atoms with Crippen LogP contribution in [0.4, 0.5) is 4.48 Å². The van der Waals surface area contributed by atoms with E-state index in [1.54, 1.807) is 5.01 Å². The summed E-state index contributed by atoms with van der Waals surface area (Å²) in [6.45, 7) is 4.77. The van der Waals surface area contributed by atoms with E-state index >= 15 is 0 Å². The van der Waals surface area contributed by atoms with E-state index in [1.165, 1.54) is 0 Å². The molecule has 1 unspecified atom stereocenters. The first-order valence-electron chi connectivity index (χ1n) is 5.80. The Bertz CT molecular complexity index is 212. The molecule has 0 amide bonds. The molecule has 17 heavy (non-hydrogen) atoms. The summed E-state index contributed by atoms with van der Waals surface area (Å²) in [5.41, 5.74) is 8.71. The average Bonchev–Trinajstić information content (AvgIpc) is 2.55. The summed E-state index contributed by atoms with van der Waals surface area (Å²) < 4.78 is 13.4. The molecule has 0 aromatic heterocycles. The second-order valence-corrected chi connectivity index (χ2v) is 5.85. The maximum Gasteiger partial charge on any atom is 0.162 e. The van der Waals surface area contributed by atoms with E-state index in [-0.39, 0.29) is 17.5 Å². The summed E-state index contributed by atoms with van der Waals surface area (Å²) in [4.78, 5) is -0.365. The second kappa shape index (κ2) is 8.47. The molecule has 0 radical (unpaired) electrons. The maximum atomic E-state index is 12.8. The van der Waals surface area contributed by atoms with Gasteiger partial charge in [0.25, 0.3) is 0 Å². The summed E-state index contributed by atoms with van der Waals surface area (Å²) in [5.74, 6) is 0. The molecular weight excluding hydrogens is 265 g/mol. The number of hydrazine groups is 1. The molecule has 0 aromatic carbocycles. The molecule has 0 bridgehead atoms. The molecule has 102 valence electrons. The lowest BCUT2D eigenvalue weighted by molar-refractivity contribution is 0.0752. The molecule has 1 saturated heterocycles. The van der Waals surface area contributed by atoms with E-state index in [2.05, 4.69) is 10.7 Å². The zero-order valence-corrected chi connectivity index (χ0v) is 11.6. The normalized spacial score (nSPS) is 24.4. The van der Waals surface area contributed by atoms with Crippen molar-refractivity contribution in [2.75, 3.05) is 26.3 Å². The molecule has 2 atom stereocenters. The molecule has 5 nitrogen and oxygen atoms in total. The molecule has 0 aliphatic carbocycles. The lowest BCUT2D eigenvalue weighted by Gasteiger charge is -2.17. The van der Waals surface area contributed by atoms with E-state index in [0.717, 1.165) is 44.4 Å². The quantitative estimate of drug-likeness (QED) is 0.202. The van der Waals surface area contributed by atoms with Crippen LogP contribution in [0.5, 0.6) is 0 Å². The van der Waals surface area contributed by atoms with Crippen LogP contribution in [0.25, 0.3) is 0 Å². The van der Waals surface area contributed by atoms with Gasteiger partial charge in [-0.2, -0.15) is 5.01 Å². The molecule has 1 aliphatic rings. The highest BCUT2D eigenvalue weighted by atomic mass is 35.5. The Labute approximate surface area is 111 Å². The van der Waals surface area contributed by atoms with Crippen LogP contribution in [-0.2, 0) is 0 Å². The standard InChI is InChI=1S/C9H21ClFN5S/c1-8(12)6-13-4-2-3-5-14-15-7-16(11)17-9(15)10/h8-9,13-14H,2-7,12H2,1H3/t8-,9?/m0/s1. The van der Waals surface area contributed by atoms with Gasteiger partial charge in [-0.1, -0.05) is 16.1 Å². The van der Waals surface area contributed by atoms with E-state index in [4.69, 9.17) is 17.3 Å².